The molecule has 9 heteroatoms. The van der Waals surface area contributed by atoms with Gasteiger partial charge < -0.3 is 4.52 Å². The Labute approximate surface area is 151 Å². The second-order valence-corrected chi connectivity index (χ2v) is 7.60. The third kappa shape index (κ3) is 3.77. The number of rotatable bonds is 5. The number of hydrogen-bond acceptors (Lipinski definition) is 9. The minimum atomic E-state index is 0.352. The van der Waals surface area contributed by atoms with Crippen molar-refractivity contribution < 1.29 is 4.52 Å². The molecule has 0 bridgehead atoms. The third-order valence-corrected chi connectivity index (χ3v) is 5.43. The molecule has 3 aromatic heterocycles. The molecule has 0 amide bonds. The fourth-order valence-corrected chi connectivity index (χ4v) is 4.19. The zero-order chi connectivity index (χ0) is 17.2. The third-order valence-electron chi connectivity index (χ3n) is 3.27. The highest BCUT2D eigenvalue weighted by Gasteiger charge is 2.11. The highest BCUT2D eigenvalue weighted by molar-refractivity contribution is 8.00. The molecule has 3 heterocycles. The number of para-hydroxylation sites is 1. The SMILES string of the molecule is Cc1cc(C)nc(Nc2noc(CSc3nc4ccccc4s3)n2)n1. The molecular weight excluding hydrogens is 356 g/mol. The molecule has 0 spiro atoms. The molecule has 4 rings (SSSR count). The van der Waals surface area contributed by atoms with E-state index in [1.165, 1.54) is 4.70 Å². The van der Waals surface area contributed by atoms with Crippen molar-refractivity contribution in [3.63, 3.8) is 0 Å². The Balaban J connectivity index is 1.42. The highest BCUT2D eigenvalue weighted by atomic mass is 32.2. The molecule has 4 aromatic rings. The van der Waals surface area contributed by atoms with E-state index in [9.17, 15) is 0 Å². The Hall–Kier alpha value is -2.52. The van der Waals surface area contributed by atoms with Crippen molar-refractivity contribution in [3.05, 3.63) is 47.6 Å². The number of thiazole rings is 1. The summed E-state index contributed by atoms with van der Waals surface area (Å²) in [6.07, 6.45) is 0. The normalized spacial score (nSPS) is 11.1. The Morgan fingerprint density at radius 1 is 1.04 bits per heavy atom. The Morgan fingerprint density at radius 2 is 1.84 bits per heavy atom. The first-order valence-corrected chi connectivity index (χ1v) is 9.36. The Kier molecular flexibility index (Phi) is 4.33. The predicted octanol–water partition coefficient (Wildman–Crippen LogP) is 4.12. The van der Waals surface area contributed by atoms with Crippen molar-refractivity contribution >= 4 is 45.2 Å². The smallest absolute Gasteiger partial charge is 0.270 e. The number of thioether (sulfide) groups is 1. The van der Waals surface area contributed by atoms with E-state index >= 15 is 0 Å². The molecule has 0 saturated heterocycles. The highest BCUT2D eigenvalue weighted by Crippen LogP contribution is 2.31. The van der Waals surface area contributed by atoms with Gasteiger partial charge in [-0.15, -0.1) is 11.3 Å². The molecule has 1 aromatic carbocycles. The summed E-state index contributed by atoms with van der Waals surface area (Å²) in [5.41, 5.74) is 2.77. The molecule has 0 fully saturated rings. The molecule has 0 aliphatic carbocycles. The summed E-state index contributed by atoms with van der Waals surface area (Å²) in [5, 5.41) is 6.88. The van der Waals surface area contributed by atoms with Gasteiger partial charge >= 0.3 is 0 Å². The van der Waals surface area contributed by atoms with Crippen LogP contribution in [-0.4, -0.2) is 25.1 Å². The van der Waals surface area contributed by atoms with Crippen LogP contribution in [0.15, 0.2) is 39.2 Å². The van der Waals surface area contributed by atoms with Crippen LogP contribution in [0.4, 0.5) is 11.9 Å². The molecule has 0 atom stereocenters. The second-order valence-electron chi connectivity index (χ2n) is 5.35. The number of aryl methyl sites for hydroxylation is 2. The minimum Gasteiger partial charge on any atom is -0.336 e. The first kappa shape index (κ1) is 16.0. The van der Waals surface area contributed by atoms with Crippen LogP contribution in [0.1, 0.15) is 17.3 Å². The average molecular weight is 370 g/mol. The van der Waals surface area contributed by atoms with Crippen molar-refractivity contribution in [1.82, 2.24) is 25.1 Å². The van der Waals surface area contributed by atoms with E-state index < -0.39 is 0 Å². The lowest BCUT2D eigenvalue weighted by Gasteiger charge is -2.01. The topological polar surface area (TPSA) is 89.6 Å². The average Bonchev–Trinajstić information content (AvgIpc) is 3.18. The van der Waals surface area contributed by atoms with Crippen LogP contribution in [0.3, 0.4) is 0 Å². The van der Waals surface area contributed by atoms with Gasteiger partial charge in [0.15, 0.2) is 4.34 Å². The van der Waals surface area contributed by atoms with Gasteiger partial charge in [-0.2, -0.15) is 4.98 Å². The number of aromatic nitrogens is 5. The summed E-state index contributed by atoms with van der Waals surface area (Å²) in [4.78, 5) is 17.5. The lowest BCUT2D eigenvalue weighted by atomic mass is 10.3. The number of nitrogens with zero attached hydrogens (tertiary/aromatic N) is 5. The van der Waals surface area contributed by atoms with Gasteiger partial charge in [0.05, 0.1) is 16.0 Å². The summed E-state index contributed by atoms with van der Waals surface area (Å²) < 4.78 is 7.42. The number of nitrogens with one attached hydrogen (secondary N) is 1. The molecule has 7 nitrogen and oxygen atoms in total. The fraction of sp³-hybridized carbons (Fsp3) is 0.188. The minimum absolute atomic E-state index is 0.352. The summed E-state index contributed by atoms with van der Waals surface area (Å²) in [6.45, 7) is 3.83. The maximum atomic E-state index is 5.27. The number of hydrogen-bond donors (Lipinski definition) is 1. The van der Waals surface area contributed by atoms with Crippen LogP contribution in [0, 0.1) is 13.8 Å². The fourth-order valence-electron chi connectivity index (χ4n) is 2.28. The zero-order valence-corrected chi connectivity index (χ0v) is 15.2. The molecular formula is C16H14N6OS2. The van der Waals surface area contributed by atoms with Gasteiger partial charge in [0.2, 0.25) is 11.8 Å². The molecule has 0 aliphatic rings. The van der Waals surface area contributed by atoms with Gasteiger partial charge in [-0.25, -0.2) is 15.0 Å². The van der Waals surface area contributed by atoms with E-state index in [2.05, 4.69) is 36.5 Å². The molecule has 1 N–H and O–H groups in total. The summed E-state index contributed by atoms with van der Waals surface area (Å²) in [7, 11) is 0. The van der Waals surface area contributed by atoms with Crippen molar-refractivity contribution in [1.29, 1.82) is 0 Å². The van der Waals surface area contributed by atoms with Crippen LogP contribution >= 0.6 is 23.1 Å². The van der Waals surface area contributed by atoms with E-state index in [1.54, 1.807) is 23.1 Å². The van der Waals surface area contributed by atoms with Gasteiger partial charge in [0.1, 0.15) is 0 Å². The van der Waals surface area contributed by atoms with Crippen LogP contribution in [-0.2, 0) is 5.75 Å². The Morgan fingerprint density at radius 3 is 2.64 bits per heavy atom. The van der Waals surface area contributed by atoms with Crippen molar-refractivity contribution in [3.8, 4) is 0 Å². The molecule has 0 radical (unpaired) electrons. The van der Waals surface area contributed by atoms with Crippen LogP contribution in [0.5, 0.6) is 0 Å². The lowest BCUT2D eigenvalue weighted by Crippen LogP contribution is -2.01. The van der Waals surface area contributed by atoms with Gasteiger partial charge in [-0.05, 0) is 37.2 Å². The van der Waals surface area contributed by atoms with E-state index in [-0.39, 0.29) is 0 Å². The van der Waals surface area contributed by atoms with E-state index in [0.29, 0.717) is 23.5 Å². The van der Waals surface area contributed by atoms with Gasteiger partial charge in [0, 0.05) is 11.4 Å². The van der Waals surface area contributed by atoms with Crippen molar-refractivity contribution in [2.24, 2.45) is 0 Å². The van der Waals surface area contributed by atoms with Gasteiger partial charge in [-0.1, -0.05) is 23.9 Å². The summed E-state index contributed by atoms with van der Waals surface area (Å²) in [5.74, 6) is 1.90. The maximum absolute atomic E-state index is 5.27. The van der Waals surface area contributed by atoms with Crippen LogP contribution in [0.2, 0.25) is 0 Å². The maximum Gasteiger partial charge on any atom is 0.270 e. The molecule has 25 heavy (non-hydrogen) atoms. The standard InChI is InChI=1S/C16H14N6OS2/c1-9-7-10(2)18-14(17-9)21-15-20-13(23-22-15)8-24-16-19-11-5-3-4-6-12(11)25-16/h3-7H,8H2,1-2H3,(H,17,18,21,22). The number of fused-ring (bicyclic) bond motifs is 1. The summed E-state index contributed by atoms with van der Waals surface area (Å²) >= 11 is 3.23. The van der Waals surface area contributed by atoms with Crippen LogP contribution < -0.4 is 5.32 Å². The second kappa shape index (κ2) is 6.77. The van der Waals surface area contributed by atoms with Crippen molar-refractivity contribution in [2.75, 3.05) is 5.32 Å². The van der Waals surface area contributed by atoms with Gasteiger partial charge in [-0.3, -0.25) is 5.32 Å². The molecule has 0 saturated carbocycles. The molecule has 0 unspecified atom stereocenters. The quantitative estimate of drug-likeness (QED) is 0.525. The van der Waals surface area contributed by atoms with E-state index in [4.69, 9.17) is 4.52 Å². The Bertz CT molecular complexity index is 975. The van der Waals surface area contributed by atoms with Crippen molar-refractivity contribution in [2.45, 2.75) is 23.9 Å². The number of anilines is 2. The largest absolute Gasteiger partial charge is 0.336 e. The first-order chi connectivity index (χ1) is 12.2. The predicted molar refractivity (Wildman–Crippen MR) is 98.3 cm³/mol. The number of benzene rings is 1. The summed E-state index contributed by atoms with van der Waals surface area (Å²) in [6, 6.07) is 9.98. The lowest BCUT2D eigenvalue weighted by molar-refractivity contribution is 0.392. The zero-order valence-electron chi connectivity index (χ0n) is 13.6. The van der Waals surface area contributed by atoms with E-state index in [0.717, 1.165) is 21.2 Å². The monoisotopic (exact) mass is 370 g/mol. The van der Waals surface area contributed by atoms with E-state index in [1.807, 2.05) is 38.1 Å². The van der Waals surface area contributed by atoms with Crippen LogP contribution in [0.25, 0.3) is 10.2 Å². The van der Waals surface area contributed by atoms with Gasteiger partial charge in [0.25, 0.3) is 5.95 Å². The first-order valence-electron chi connectivity index (χ1n) is 7.56. The molecule has 0 aliphatic heterocycles. The molecule has 126 valence electrons.